The quantitative estimate of drug-likeness (QED) is 0.802. The molecule has 1 saturated carbocycles. The van der Waals surface area contributed by atoms with Crippen molar-refractivity contribution in [2.45, 2.75) is 45.1 Å². The Hall–Kier alpha value is -2.72. The van der Waals surface area contributed by atoms with Crippen LogP contribution in [0.4, 0.5) is 5.82 Å². The smallest absolute Gasteiger partial charge is 0.130 e. The summed E-state index contributed by atoms with van der Waals surface area (Å²) in [5.74, 6) is 0.834. The topological polar surface area (TPSA) is 103 Å². The fourth-order valence-corrected chi connectivity index (χ4v) is 3.49. The molecule has 1 unspecified atom stereocenters. The molecule has 0 bridgehead atoms. The van der Waals surface area contributed by atoms with Crippen molar-refractivity contribution in [2.24, 2.45) is 5.92 Å². The normalized spacial score (nSPS) is 16.6. The van der Waals surface area contributed by atoms with Gasteiger partial charge in [0.2, 0.25) is 0 Å². The summed E-state index contributed by atoms with van der Waals surface area (Å²) in [6.07, 6.45) is 12.0. The number of nitrogens with zero attached hydrogens (tertiary/aromatic N) is 5. The van der Waals surface area contributed by atoms with E-state index in [2.05, 4.69) is 21.1 Å². The molecule has 1 aliphatic rings. The minimum absolute atomic E-state index is 0.00429. The minimum atomic E-state index is 0.00429. The maximum atomic E-state index is 9.17. The molecule has 0 amide bonds. The van der Waals surface area contributed by atoms with Crippen molar-refractivity contribution >= 4 is 11.5 Å². The Bertz CT molecular complexity index is 829. The highest BCUT2D eigenvalue weighted by Crippen LogP contribution is 2.34. The molecule has 0 saturated heterocycles. The molecule has 0 aromatic carbocycles. The predicted molar refractivity (Wildman–Crippen MR) is 99.7 cm³/mol. The van der Waals surface area contributed by atoms with Gasteiger partial charge >= 0.3 is 0 Å². The Labute approximate surface area is 153 Å². The Morgan fingerprint density at radius 1 is 1.46 bits per heavy atom. The van der Waals surface area contributed by atoms with Crippen molar-refractivity contribution in [3.63, 3.8) is 0 Å². The zero-order valence-electron chi connectivity index (χ0n) is 15.2. The highest BCUT2D eigenvalue weighted by Gasteiger charge is 2.22. The lowest BCUT2D eigenvalue weighted by Gasteiger charge is -2.14. The number of aromatic nitrogens is 4. The van der Waals surface area contributed by atoms with Gasteiger partial charge in [0.15, 0.2) is 0 Å². The van der Waals surface area contributed by atoms with E-state index in [0.29, 0.717) is 18.2 Å². The van der Waals surface area contributed by atoms with Crippen molar-refractivity contribution in [1.82, 2.24) is 19.7 Å². The summed E-state index contributed by atoms with van der Waals surface area (Å²) in [6, 6.07) is 2.16. The molecule has 1 atom stereocenters. The van der Waals surface area contributed by atoms with Gasteiger partial charge in [0.05, 0.1) is 29.8 Å². The lowest BCUT2D eigenvalue weighted by Crippen LogP contribution is -2.13. The van der Waals surface area contributed by atoms with Crippen LogP contribution in [0.5, 0.6) is 0 Å². The van der Waals surface area contributed by atoms with E-state index in [0.717, 1.165) is 35.4 Å². The van der Waals surface area contributed by atoms with Crippen LogP contribution in [0.2, 0.25) is 0 Å². The van der Waals surface area contributed by atoms with Crippen molar-refractivity contribution in [2.75, 3.05) is 12.8 Å². The average molecular weight is 352 g/mol. The number of ether oxygens (including phenoxy) is 1. The van der Waals surface area contributed by atoms with Crippen molar-refractivity contribution in [3.8, 4) is 17.3 Å². The van der Waals surface area contributed by atoms with Crippen LogP contribution in [0.25, 0.3) is 17.0 Å². The fraction of sp³-hybridized carbons (Fsp3) is 0.474. The highest BCUT2D eigenvalue weighted by molar-refractivity contribution is 5.67. The monoisotopic (exact) mass is 352 g/mol. The van der Waals surface area contributed by atoms with Gasteiger partial charge in [0.1, 0.15) is 12.1 Å². The molecular weight excluding hydrogens is 328 g/mol. The van der Waals surface area contributed by atoms with Crippen molar-refractivity contribution < 1.29 is 4.74 Å². The Morgan fingerprint density at radius 2 is 2.23 bits per heavy atom. The van der Waals surface area contributed by atoms with E-state index in [4.69, 9.17) is 10.5 Å². The number of rotatable bonds is 6. The third-order valence-corrected chi connectivity index (χ3v) is 4.98. The molecule has 26 heavy (non-hydrogen) atoms. The molecule has 2 aromatic heterocycles. The standard InChI is InChI=1S/C19H24N6O/c1-13(26-2)9-16-18(22-12-23-19(16)21)15-10-24-25(11-15)17(7-8-20)14-5-3-4-6-14/h7,10-14H,3-6,9H2,1-2H3,(H2,21,22,23)/b17-7-. The van der Waals surface area contributed by atoms with E-state index in [-0.39, 0.29) is 6.10 Å². The largest absolute Gasteiger partial charge is 0.383 e. The van der Waals surface area contributed by atoms with Gasteiger partial charge in [-0.3, -0.25) is 0 Å². The third-order valence-electron chi connectivity index (χ3n) is 4.98. The molecule has 2 aromatic rings. The molecule has 3 rings (SSSR count). The van der Waals surface area contributed by atoms with Gasteiger partial charge in [-0.2, -0.15) is 10.4 Å². The van der Waals surface area contributed by atoms with Crippen LogP contribution in [0.1, 0.15) is 38.2 Å². The summed E-state index contributed by atoms with van der Waals surface area (Å²) < 4.78 is 7.17. The molecule has 7 heteroatoms. The van der Waals surface area contributed by atoms with Gasteiger partial charge < -0.3 is 10.5 Å². The highest BCUT2D eigenvalue weighted by atomic mass is 16.5. The summed E-state index contributed by atoms with van der Waals surface area (Å²) >= 11 is 0. The maximum absolute atomic E-state index is 9.17. The molecule has 136 valence electrons. The first-order chi connectivity index (χ1) is 12.6. The van der Waals surface area contributed by atoms with Crippen LogP contribution in [0.15, 0.2) is 24.8 Å². The number of nitriles is 1. The second kappa shape index (κ2) is 8.11. The Balaban J connectivity index is 1.96. The average Bonchev–Trinajstić information content (AvgIpc) is 3.33. The van der Waals surface area contributed by atoms with Crippen LogP contribution in [0.3, 0.4) is 0 Å². The number of hydrogen-bond donors (Lipinski definition) is 1. The zero-order chi connectivity index (χ0) is 18.5. The maximum Gasteiger partial charge on any atom is 0.130 e. The molecule has 1 fully saturated rings. The zero-order valence-corrected chi connectivity index (χ0v) is 15.2. The van der Waals surface area contributed by atoms with Gasteiger partial charge in [0, 0.05) is 42.8 Å². The van der Waals surface area contributed by atoms with E-state index in [1.807, 2.05) is 13.1 Å². The second-order valence-corrected chi connectivity index (χ2v) is 6.69. The number of allylic oxidation sites excluding steroid dienone is 2. The van der Waals surface area contributed by atoms with Crippen molar-refractivity contribution in [1.29, 1.82) is 5.26 Å². The molecule has 2 N–H and O–H groups in total. The van der Waals surface area contributed by atoms with Crippen LogP contribution in [0, 0.1) is 17.2 Å². The minimum Gasteiger partial charge on any atom is -0.383 e. The third kappa shape index (κ3) is 3.75. The Kier molecular flexibility index (Phi) is 5.64. The lowest BCUT2D eigenvalue weighted by molar-refractivity contribution is 0.119. The summed E-state index contributed by atoms with van der Waals surface area (Å²) in [5.41, 5.74) is 9.51. The molecular formula is C19H24N6O. The first kappa shape index (κ1) is 18.1. The van der Waals surface area contributed by atoms with E-state index in [1.165, 1.54) is 19.2 Å². The Morgan fingerprint density at radius 3 is 2.92 bits per heavy atom. The van der Waals surface area contributed by atoms with Gasteiger partial charge in [-0.25, -0.2) is 14.6 Å². The fourth-order valence-electron chi connectivity index (χ4n) is 3.49. The van der Waals surface area contributed by atoms with Gasteiger partial charge in [-0.05, 0) is 19.8 Å². The molecule has 0 aliphatic heterocycles. The number of methoxy groups -OCH3 is 1. The molecule has 2 heterocycles. The summed E-state index contributed by atoms with van der Waals surface area (Å²) in [5, 5.41) is 13.7. The van der Waals surface area contributed by atoms with Gasteiger partial charge in [-0.15, -0.1) is 0 Å². The molecule has 1 aliphatic carbocycles. The van der Waals surface area contributed by atoms with E-state index in [9.17, 15) is 5.26 Å². The SMILES string of the molecule is COC(C)Cc1c(N)ncnc1-c1cnn(/C(=C\C#N)C2CCCC2)c1. The molecule has 0 radical (unpaired) electrons. The van der Waals surface area contributed by atoms with Crippen LogP contribution in [-0.2, 0) is 11.2 Å². The second-order valence-electron chi connectivity index (χ2n) is 6.69. The van der Waals surface area contributed by atoms with Crippen LogP contribution in [-0.4, -0.2) is 33.0 Å². The predicted octanol–water partition coefficient (Wildman–Crippen LogP) is 3.05. The number of nitrogen functional groups attached to an aromatic ring is 1. The summed E-state index contributed by atoms with van der Waals surface area (Å²) in [6.45, 7) is 1.98. The van der Waals surface area contributed by atoms with E-state index < -0.39 is 0 Å². The van der Waals surface area contributed by atoms with Gasteiger partial charge in [0.25, 0.3) is 0 Å². The number of nitrogens with two attached hydrogens (primary N) is 1. The van der Waals surface area contributed by atoms with E-state index in [1.54, 1.807) is 24.1 Å². The summed E-state index contributed by atoms with van der Waals surface area (Å²) in [7, 11) is 1.67. The van der Waals surface area contributed by atoms with Gasteiger partial charge in [-0.1, -0.05) is 12.8 Å². The summed E-state index contributed by atoms with van der Waals surface area (Å²) in [4.78, 5) is 8.55. The first-order valence-electron chi connectivity index (χ1n) is 8.91. The number of hydrogen-bond acceptors (Lipinski definition) is 6. The number of anilines is 1. The molecule has 0 spiro atoms. The molecule has 7 nitrogen and oxygen atoms in total. The van der Waals surface area contributed by atoms with Crippen LogP contribution < -0.4 is 5.73 Å². The lowest BCUT2D eigenvalue weighted by atomic mass is 10.0. The van der Waals surface area contributed by atoms with E-state index >= 15 is 0 Å². The van der Waals surface area contributed by atoms with Crippen molar-refractivity contribution in [3.05, 3.63) is 30.4 Å². The first-order valence-corrected chi connectivity index (χ1v) is 8.91. The van der Waals surface area contributed by atoms with Crippen LogP contribution >= 0.6 is 0 Å².